The summed E-state index contributed by atoms with van der Waals surface area (Å²) in [4.78, 5) is 11.9. The van der Waals surface area contributed by atoms with Gasteiger partial charge in [0.25, 0.3) is 5.91 Å². The van der Waals surface area contributed by atoms with E-state index in [-0.39, 0.29) is 24.2 Å². The fourth-order valence-electron chi connectivity index (χ4n) is 2.82. The molecule has 0 aliphatic carbocycles. The zero-order valence-corrected chi connectivity index (χ0v) is 13.4. The first-order valence-corrected chi connectivity index (χ1v) is 7.48. The van der Waals surface area contributed by atoms with Crippen LogP contribution in [0.4, 0.5) is 0 Å². The molecule has 5 heteroatoms. The molecule has 2 aliphatic heterocycles. The van der Waals surface area contributed by atoms with Gasteiger partial charge in [0.1, 0.15) is 0 Å². The van der Waals surface area contributed by atoms with Gasteiger partial charge in [0.15, 0.2) is 0 Å². The molecule has 0 atom stereocenters. The first-order valence-electron chi connectivity index (χ1n) is 7.48. The standard InChI is InChI=1S/C16H22BNO3/c1-10-8-12-11(6-7-18-14(12)19)9-13(10)17-20-15(2,3)16(4,5)21-17/h8-9H,6-7H2,1-5H3,(H,18,19). The highest BCUT2D eigenvalue weighted by Crippen LogP contribution is 2.36. The van der Waals surface area contributed by atoms with Gasteiger partial charge >= 0.3 is 7.12 Å². The number of carbonyl (C=O) groups excluding carboxylic acids is 1. The van der Waals surface area contributed by atoms with Gasteiger partial charge in [-0.2, -0.15) is 0 Å². The number of benzene rings is 1. The van der Waals surface area contributed by atoms with E-state index in [1.165, 1.54) is 0 Å². The number of aryl methyl sites for hydroxylation is 1. The van der Waals surface area contributed by atoms with E-state index < -0.39 is 0 Å². The van der Waals surface area contributed by atoms with E-state index in [4.69, 9.17) is 9.31 Å². The summed E-state index contributed by atoms with van der Waals surface area (Å²) in [6.07, 6.45) is 0.855. The van der Waals surface area contributed by atoms with Crippen molar-refractivity contribution < 1.29 is 14.1 Å². The number of hydrogen-bond donors (Lipinski definition) is 1. The maximum Gasteiger partial charge on any atom is 0.495 e. The van der Waals surface area contributed by atoms with Crippen molar-refractivity contribution in [1.82, 2.24) is 5.32 Å². The Kier molecular flexibility index (Phi) is 3.19. The van der Waals surface area contributed by atoms with Crippen molar-refractivity contribution in [3.8, 4) is 0 Å². The zero-order valence-electron chi connectivity index (χ0n) is 13.4. The molecule has 1 aromatic carbocycles. The van der Waals surface area contributed by atoms with Crippen LogP contribution in [-0.4, -0.2) is 30.8 Å². The quantitative estimate of drug-likeness (QED) is 0.798. The van der Waals surface area contributed by atoms with E-state index in [1.807, 2.05) is 40.7 Å². The number of rotatable bonds is 1. The molecule has 1 N–H and O–H groups in total. The molecule has 1 fully saturated rings. The van der Waals surface area contributed by atoms with Crippen molar-refractivity contribution in [2.24, 2.45) is 0 Å². The normalized spacial score (nSPS) is 22.9. The largest absolute Gasteiger partial charge is 0.495 e. The van der Waals surface area contributed by atoms with E-state index in [0.717, 1.165) is 28.6 Å². The molecular weight excluding hydrogens is 265 g/mol. The van der Waals surface area contributed by atoms with Gasteiger partial charge in [-0.05, 0) is 58.1 Å². The first kappa shape index (κ1) is 14.6. The number of nitrogens with one attached hydrogen (secondary N) is 1. The van der Waals surface area contributed by atoms with Crippen LogP contribution in [0.25, 0.3) is 0 Å². The molecule has 1 aromatic rings. The molecule has 0 bridgehead atoms. The lowest BCUT2D eigenvalue weighted by atomic mass is 9.74. The number of carbonyl (C=O) groups is 1. The molecular formula is C16H22BNO3. The zero-order chi connectivity index (χ0) is 15.4. The van der Waals surface area contributed by atoms with Crippen LogP contribution in [0.3, 0.4) is 0 Å². The Morgan fingerprint density at radius 3 is 2.38 bits per heavy atom. The summed E-state index contributed by atoms with van der Waals surface area (Å²) in [7, 11) is -0.370. The van der Waals surface area contributed by atoms with Crippen molar-refractivity contribution in [1.29, 1.82) is 0 Å². The van der Waals surface area contributed by atoms with Crippen molar-refractivity contribution in [2.45, 2.75) is 52.2 Å². The van der Waals surface area contributed by atoms with Crippen molar-refractivity contribution in [3.05, 3.63) is 28.8 Å². The molecule has 112 valence electrons. The van der Waals surface area contributed by atoms with Crippen LogP contribution >= 0.6 is 0 Å². The predicted molar refractivity (Wildman–Crippen MR) is 82.9 cm³/mol. The average Bonchev–Trinajstić information content (AvgIpc) is 2.59. The van der Waals surface area contributed by atoms with Crippen LogP contribution in [0.5, 0.6) is 0 Å². The Bertz CT molecular complexity index is 594. The number of fused-ring (bicyclic) bond motifs is 1. The fourth-order valence-corrected chi connectivity index (χ4v) is 2.82. The smallest absolute Gasteiger partial charge is 0.399 e. The number of hydrogen-bond acceptors (Lipinski definition) is 3. The van der Waals surface area contributed by atoms with E-state index >= 15 is 0 Å². The Hall–Kier alpha value is -1.33. The molecule has 0 radical (unpaired) electrons. The second kappa shape index (κ2) is 4.58. The Morgan fingerprint density at radius 2 is 1.76 bits per heavy atom. The van der Waals surface area contributed by atoms with Crippen LogP contribution in [0.1, 0.15) is 49.2 Å². The molecule has 4 nitrogen and oxygen atoms in total. The lowest BCUT2D eigenvalue weighted by molar-refractivity contribution is 0.00578. The molecule has 21 heavy (non-hydrogen) atoms. The lowest BCUT2D eigenvalue weighted by Gasteiger charge is -2.32. The predicted octanol–water partition coefficient (Wildman–Crippen LogP) is 1.58. The first-order chi connectivity index (χ1) is 9.71. The minimum atomic E-state index is -0.370. The Morgan fingerprint density at radius 1 is 1.14 bits per heavy atom. The molecule has 0 unspecified atom stereocenters. The van der Waals surface area contributed by atoms with Crippen LogP contribution in [0.15, 0.2) is 12.1 Å². The van der Waals surface area contributed by atoms with Gasteiger partial charge in [0, 0.05) is 12.1 Å². The second-order valence-corrected chi connectivity index (χ2v) is 6.96. The summed E-state index contributed by atoms with van der Waals surface area (Å²) in [6.45, 7) is 10.9. The summed E-state index contributed by atoms with van der Waals surface area (Å²) in [6, 6.07) is 4.02. The summed E-state index contributed by atoms with van der Waals surface area (Å²) >= 11 is 0. The highest BCUT2D eigenvalue weighted by atomic mass is 16.7. The van der Waals surface area contributed by atoms with E-state index in [9.17, 15) is 4.79 Å². The summed E-state index contributed by atoms with van der Waals surface area (Å²) in [5.41, 5.74) is 3.22. The minimum absolute atomic E-state index is 0.0137. The van der Waals surface area contributed by atoms with Gasteiger partial charge in [0.2, 0.25) is 0 Å². The van der Waals surface area contributed by atoms with E-state index in [1.54, 1.807) is 0 Å². The second-order valence-electron chi connectivity index (χ2n) is 6.96. The molecule has 2 heterocycles. The van der Waals surface area contributed by atoms with E-state index in [0.29, 0.717) is 6.54 Å². The van der Waals surface area contributed by atoms with Crippen LogP contribution < -0.4 is 10.8 Å². The third kappa shape index (κ3) is 2.28. The highest BCUT2D eigenvalue weighted by molar-refractivity contribution is 6.62. The van der Waals surface area contributed by atoms with Gasteiger partial charge in [0.05, 0.1) is 11.2 Å². The fraction of sp³-hybridized carbons (Fsp3) is 0.562. The van der Waals surface area contributed by atoms with Gasteiger partial charge in [-0.1, -0.05) is 11.6 Å². The molecule has 3 rings (SSSR count). The molecule has 0 saturated carbocycles. The van der Waals surface area contributed by atoms with Crippen LogP contribution in [-0.2, 0) is 15.7 Å². The molecule has 0 spiro atoms. The Balaban J connectivity index is 1.99. The van der Waals surface area contributed by atoms with Gasteiger partial charge < -0.3 is 14.6 Å². The minimum Gasteiger partial charge on any atom is -0.399 e. The van der Waals surface area contributed by atoms with E-state index in [2.05, 4.69) is 11.4 Å². The third-order valence-electron chi connectivity index (χ3n) is 4.92. The SMILES string of the molecule is Cc1cc2c(cc1B1OC(C)(C)C(C)(C)O1)CCNC2=O. The molecule has 1 saturated heterocycles. The summed E-state index contributed by atoms with van der Waals surface area (Å²) in [5, 5.41) is 2.88. The average molecular weight is 287 g/mol. The van der Waals surface area contributed by atoms with Crippen LogP contribution in [0.2, 0.25) is 0 Å². The maximum absolute atomic E-state index is 11.9. The van der Waals surface area contributed by atoms with Crippen LogP contribution in [0, 0.1) is 6.92 Å². The topological polar surface area (TPSA) is 47.6 Å². The van der Waals surface area contributed by atoms with Gasteiger partial charge in [-0.15, -0.1) is 0 Å². The highest BCUT2D eigenvalue weighted by Gasteiger charge is 2.52. The summed E-state index contributed by atoms with van der Waals surface area (Å²) in [5.74, 6) is 0.0137. The lowest BCUT2D eigenvalue weighted by Crippen LogP contribution is -2.41. The third-order valence-corrected chi connectivity index (χ3v) is 4.92. The van der Waals surface area contributed by atoms with Crippen molar-refractivity contribution in [3.63, 3.8) is 0 Å². The monoisotopic (exact) mass is 287 g/mol. The van der Waals surface area contributed by atoms with Crippen molar-refractivity contribution >= 4 is 18.5 Å². The van der Waals surface area contributed by atoms with Crippen molar-refractivity contribution in [2.75, 3.05) is 6.54 Å². The Labute approximate surface area is 126 Å². The number of amides is 1. The maximum atomic E-state index is 11.9. The molecule has 0 aromatic heterocycles. The molecule has 1 amide bonds. The van der Waals surface area contributed by atoms with Gasteiger partial charge in [-0.25, -0.2) is 0 Å². The molecule has 2 aliphatic rings. The van der Waals surface area contributed by atoms with Gasteiger partial charge in [-0.3, -0.25) is 4.79 Å². The summed E-state index contributed by atoms with van der Waals surface area (Å²) < 4.78 is 12.3.